The summed E-state index contributed by atoms with van der Waals surface area (Å²) in [6, 6.07) is 21.4. The minimum atomic E-state index is -0.490. The minimum absolute atomic E-state index is 0.103. The highest BCUT2D eigenvalue weighted by atomic mass is 35.5. The van der Waals surface area contributed by atoms with Gasteiger partial charge in [-0.2, -0.15) is 0 Å². The molecule has 0 fully saturated rings. The monoisotopic (exact) mass is 466 g/mol. The van der Waals surface area contributed by atoms with E-state index in [1.165, 1.54) is 0 Å². The molecule has 0 radical (unpaired) electrons. The molecule has 7 heteroatoms. The van der Waals surface area contributed by atoms with E-state index in [0.717, 1.165) is 11.1 Å². The van der Waals surface area contributed by atoms with Gasteiger partial charge in [0.1, 0.15) is 0 Å². The largest absolute Gasteiger partial charge is 0.493 e. The number of ether oxygens (including phenoxy) is 2. The topological polar surface area (TPSA) is 76.7 Å². The number of hydrogen-bond donors (Lipinski definition) is 2. The van der Waals surface area contributed by atoms with Gasteiger partial charge in [0.15, 0.2) is 11.5 Å². The van der Waals surface area contributed by atoms with Crippen LogP contribution in [0.3, 0.4) is 0 Å². The van der Waals surface area contributed by atoms with Crippen molar-refractivity contribution in [2.75, 3.05) is 20.8 Å². The highest BCUT2D eigenvalue weighted by Gasteiger charge is 2.20. The molecule has 0 saturated heterocycles. The Balaban J connectivity index is 1.62. The van der Waals surface area contributed by atoms with E-state index in [9.17, 15) is 9.59 Å². The summed E-state index contributed by atoms with van der Waals surface area (Å²) in [5, 5.41) is 6.24. The van der Waals surface area contributed by atoms with Crippen LogP contribution in [0.5, 0.6) is 11.5 Å². The second-order valence-corrected chi connectivity index (χ2v) is 7.82. The van der Waals surface area contributed by atoms with Gasteiger partial charge in [0.2, 0.25) is 5.91 Å². The zero-order chi connectivity index (χ0) is 23.6. The summed E-state index contributed by atoms with van der Waals surface area (Å²) in [5.41, 5.74) is 2.22. The van der Waals surface area contributed by atoms with Gasteiger partial charge in [0.25, 0.3) is 5.91 Å². The zero-order valence-corrected chi connectivity index (χ0v) is 19.4. The lowest BCUT2D eigenvalue weighted by Gasteiger charge is -2.19. The van der Waals surface area contributed by atoms with Crippen LogP contribution in [0.15, 0.2) is 72.8 Å². The molecule has 0 saturated carbocycles. The quantitative estimate of drug-likeness (QED) is 0.458. The first-order valence-electron chi connectivity index (χ1n) is 10.6. The first kappa shape index (κ1) is 24.1. The van der Waals surface area contributed by atoms with Crippen LogP contribution in [0.4, 0.5) is 0 Å². The van der Waals surface area contributed by atoms with E-state index < -0.39 is 6.04 Å². The molecule has 0 aliphatic heterocycles. The molecule has 3 aromatic rings. The number of carbonyl (C=O) groups excluding carboxylic acids is 2. The first-order valence-corrected chi connectivity index (χ1v) is 11.0. The van der Waals surface area contributed by atoms with Crippen molar-refractivity contribution >= 4 is 23.4 Å². The van der Waals surface area contributed by atoms with Crippen LogP contribution in [0.2, 0.25) is 5.02 Å². The van der Waals surface area contributed by atoms with Gasteiger partial charge in [0.05, 0.1) is 37.3 Å². The molecule has 2 amide bonds. The molecule has 0 spiro atoms. The Morgan fingerprint density at radius 3 is 2.30 bits per heavy atom. The van der Waals surface area contributed by atoms with Gasteiger partial charge in [-0.1, -0.05) is 60.1 Å². The van der Waals surface area contributed by atoms with E-state index in [4.69, 9.17) is 21.1 Å². The van der Waals surface area contributed by atoms with E-state index in [0.29, 0.717) is 35.1 Å². The molecule has 1 unspecified atom stereocenters. The lowest BCUT2D eigenvalue weighted by Crippen LogP contribution is -2.34. The Morgan fingerprint density at radius 1 is 0.909 bits per heavy atom. The third-order valence-electron chi connectivity index (χ3n) is 5.20. The Hall–Kier alpha value is -3.51. The number of carbonyl (C=O) groups is 2. The molecule has 0 aromatic heterocycles. The van der Waals surface area contributed by atoms with Gasteiger partial charge in [-0.3, -0.25) is 9.59 Å². The number of amides is 2. The maximum atomic E-state index is 12.8. The van der Waals surface area contributed by atoms with Crippen molar-refractivity contribution < 1.29 is 19.1 Å². The van der Waals surface area contributed by atoms with Gasteiger partial charge >= 0.3 is 0 Å². The molecule has 172 valence electrons. The number of benzene rings is 3. The summed E-state index contributed by atoms with van der Waals surface area (Å²) >= 11 is 6.16. The van der Waals surface area contributed by atoms with Crippen molar-refractivity contribution in [1.29, 1.82) is 0 Å². The molecule has 33 heavy (non-hydrogen) atoms. The molecule has 0 bridgehead atoms. The number of hydrogen-bond acceptors (Lipinski definition) is 4. The third-order valence-corrected chi connectivity index (χ3v) is 5.53. The van der Waals surface area contributed by atoms with E-state index in [-0.39, 0.29) is 18.2 Å². The molecule has 3 rings (SSSR count). The molecule has 0 aliphatic rings. The average molecular weight is 467 g/mol. The predicted molar refractivity (Wildman–Crippen MR) is 129 cm³/mol. The standard InChI is InChI=1S/C26H27ClN2O4/c1-32-23-13-12-18(16-24(23)33-2)14-15-28-25(30)17-22(19-8-4-3-5-9-19)29-26(31)20-10-6-7-11-21(20)27/h3-13,16,22H,14-15,17H2,1-2H3,(H,28,30)(H,29,31). The Morgan fingerprint density at radius 2 is 1.61 bits per heavy atom. The second-order valence-electron chi connectivity index (χ2n) is 7.41. The normalized spacial score (nSPS) is 11.4. The first-order chi connectivity index (χ1) is 16.0. The zero-order valence-electron chi connectivity index (χ0n) is 18.6. The SMILES string of the molecule is COc1ccc(CCNC(=O)CC(NC(=O)c2ccccc2Cl)c2ccccc2)cc1OC. The smallest absolute Gasteiger partial charge is 0.253 e. The molecule has 1 atom stereocenters. The van der Waals surface area contributed by atoms with Crippen LogP contribution >= 0.6 is 11.6 Å². The van der Waals surface area contributed by atoms with Gasteiger partial charge in [-0.05, 0) is 41.8 Å². The van der Waals surface area contributed by atoms with Gasteiger partial charge in [-0.15, -0.1) is 0 Å². The van der Waals surface area contributed by atoms with Crippen molar-refractivity contribution in [3.05, 3.63) is 94.5 Å². The molecule has 0 heterocycles. The summed E-state index contributed by atoms with van der Waals surface area (Å²) in [7, 11) is 3.18. The summed E-state index contributed by atoms with van der Waals surface area (Å²) in [6.45, 7) is 0.453. The van der Waals surface area contributed by atoms with E-state index >= 15 is 0 Å². The number of halogens is 1. The van der Waals surface area contributed by atoms with Crippen LogP contribution in [0.25, 0.3) is 0 Å². The van der Waals surface area contributed by atoms with E-state index in [2.05, 4.69) is 10.6 Å². The fraction of sp³-hybridized carbons (Fsp3) is 0.231. The Bertz CT molecular complexity index is 1090. The highest BCUT2D eigenvalue weighted by molar-refractivity contribution is 6.33. The predicted octanol–water partition coefficient (Wildman–Crippen LogP) is 4.58. The average Bonchev–Trinajstić information content (AvgIpc) is 2.84. The van der Waals surface area contributed by atoms with E-state index in [1.807, 2.05) is 48.5 Å². The van der Waals surface area contributed by atoms with Crippen molar-refractivity contribution in [3.8, 4) is 11.5 Å². The van der Waals surface area contributed by atoms with Gasteiger partial charge in [0, 0.05) is 6.54 Å². The molecule has 2 N–H and O–H groups in total. The van der Waals surface area contributed by atoms with Crippen molar-refractivity contribution in [3.63, 3.8) is 0 Å². The maximum Gasteiger partial charge on any atom is 0.253 e. The van der Waals surface area contributed by atoms with Crippen LogP contribution in [-0.4, -0.2) is 32.6 Å². The van der Waals surface area contributed by atoms with Crippen LogP contribution in [0, 0.1) is 0 Å². The van der Waals surface area contributed by atoms with E-state index in [1.54, 1.807) is 38.5 Å². The fourth-order valence-corrected chi connectivity index (χ4v) is 3.68. The van der Waals surface area contributed by atoms with Crippen molar-refractivity contribution in [2.45, 2.75) is 18.9 Å². The molecular formula is C26H27ClN2O4. The lowest BCUT2D eigenvalue weighted by atomic mass is 10.0. The van der Waals surface area contributed by atoms with Gasteiger partial charge < -0.3 is 20.1 Å². The van der Waals surface area contributed by atoms with Crippen LogP contribution in [-0.2, 0) is 11.2 Å². The molecule has 0 aliphatic carbocycles. The van der Waals surface area contributed by atoms with Crippen molar-refractivity contribution in [2.24, 2.45) is 0 Å². The summed E-state index contributed by atoms with van der Waals surface area (Å²) < 4.78 is 10.6. The minimum Gasteiger partial charge on any atom is -0.493 e. The van der Waals surface area contributed by atoms with Crippen LogP contribution < -0.4 is 20.1 Å². The van der Waals surface area contributed by atoms with Gasteiger partial charge in [-0.25, -0.2) is 0 Å². The lowest BCUT2D eigenvalue weighted by molar-refractivity contribution is -0.121. The Labute approximate surface area is 198 Å². The summed E-state index contributed by atoms with van der Waals surface area (Å²) in [5.74, 6) is 0.814. The third kappa shape index (κ3) is 6.73. The maximum absolute atomic E-state index is 12.8. The highest BCUT2D eigenvalue weighted by Crippen LogP contribution is 2.27. The van der Waals surface area contributed by atoms with Crippen LogP contribution in [0.1, 0.15) is 33.9 Å². The molecule has 6 nitrogen and oxygen atoms in total. The molecular weight excluding hydrogens is 440 g/mol. The summed E-state index contributed by atoms with van der Waals surface area (Å²) in [4.78, 5) is 25.5. The number of rotatable bonds is 10. The van der Waals surface area contributed by atoms with Crippen molar-refractivity contribution in [1.82, 2.24) is 10.6 Å². The summed E-state index contributed by atoms with van der Waals surface area (Å²) in [6.07, 6.45) is 0.736. The molecule has 3 aromatic carbocycles. The second kappa shape index (κ2) is 11.9. The fourth-order valence-electron chi connectivity index (χ4n) is 3.46. The number of nitrogens with one attached hydrogen (secondary N) is 2. The Kier molecular flexibility index (Phi) is 8.72. The number of methoxy groups -OCH3 is 2.